The molecule has 0 radical (unpaired) electrons. The maximum Gasteiger partial charge on any atom is 0.407 e. The molecule has 2 amide bonds. The molecular formula is C27H34N2O5. The largest absolute Gasteiger partial charge is 0.481 e. The highest BCUT2D eigenvalue weighted by Crippen LogP contribution is 2.44. The molecule has 34 heavy (non-hydrogen) atoms. The number of aliphatic carboxylic acids is 1. The number of carboxylic acids is 1. The van der Waals surface area contributed by atoms with Gasteiger partial charge >= 0.3 is 12.1 Å². The number of carboxylic acid groups (broad SMARTS) is 1. The van der Waals surface area contributed by atoms with Crippen LogP contribution in [-0.2, 0) is 14.3 Å². The third-order valence-electron chi connectivity index (χ3n) is 6.45. The fourth-order valence-electron chi connectivity index (χ4n) is 4.46. The molecule has 1 unspecified atom stereocenters. The number of hydrogen-bond acceptors (Lipinski definition) is 4. The summed E-state index contributed by atoms with van der Waals surface area (Å²) >= 11 is 0. The maximum absolute atomic E-state index is 12.7. The van der Waals surface area contributed by atoms with Crippen molar-refractivity contribution in [3.05, 3.63) is 59.7 Å². The van der Waals surface area contributed by atoms with Crippen LogP contribution in [0.15, 0.2) is 48.5 Å². The predicted molar refractivity (Wildman–Crippen MR) is 130 cm³/mol. The second-order valence-electron chi connectivity index (χ2n) is 9.16. The lowest BCUT2D eigenvalue weighted by atomic mass is 9.92. The first-order chi connectivity index (χ1) is 16.3. The number of rotatable bonds is 11. The SMILES string of the molecule is CCC[C@H](NC(=O)OCC1c2ccccc2-c2ccccc21)C(=O)NCC(CC(=O)O)C(C)C. The molecule has 2 atom stereocenters. The quantitative estimate of drug-likeness (QED) is 0.450. The molecular weight excluding hydrogens is 432 g/mol. The lowest BCUT2D eigenvalue weighted by Crippen LogP contribution is -2.48. The van der Waals surface area contributed by atoms with Crippen LogP contribution in [-0.4, -0.2) is 42.3 Å². The number of alkyl carbamates (subject to hydrolysis) is 1. The van der Waals surface area contributed by atoms with Crippen LogP contribution in [0, 0.1) is 11.8 Å². The van der Waals surface area contributed by atoms with Crippen LogP contribution in [0.4, 0.5) is 4.79 Å². The van der Waals surface area contributed by atoms with E-state index < -0.39 is 18.1 Å². The van der Waals surface area contributed by atoms with Gasteiger partial charge < -0.3 is 20.5 Å². The molecule has 3 N–H and O–H groups in total. The highest BCUT2D eigenvalue weighted by molar-refractivity contribution is 5.85. The lowest BCUT2D eigenvalue weighted by molar-refractivity contribution is -0.138. The van der Waals surface area contributed by atoms with Gasteiger partial charge in [-0.3, -0.25) is 9.59 Å². The zero-order valence-corrected chi connectivity index (χ0v) is 20.0. The van der Waals surface area contributed by atoms with Crippen LogP contribution in [0.5, 0.6) is 0 Å². The van der Waals surface area contributed by atoms with Crippen molar-refractivity contribution < 1.29 is 24.2 Å². The van der Waals surface area contributed by atoms with Gasteiger partial charge in [-0.1, -0.05) is 75.7 Å². The molecule has 0 aromatic heterocycles. The highest BCUT2D eigenvalue weighted by Gasteiger charge is 2.30. The number of ether oxygens (including phenoxy) is 1. The molecule has 2 aromatic carbocycles. The summed E-state index contributed by atoms with van der Waals surface area (Å²) in [5.74, 6) is -1.35. The molecule has 0 heterocycles. The number of nitrogens with one attached hydrogen (secondary N) is 2. The van der Waals surface area contributed by atoms with Gasteiger partial charge in [-0.25, -0.2) is 4.79 Å². The van der Waals surface area contributed by atoms with Crippen LogP contribution >= 0.6 is 0 Å². The Morgan fingerprint density at radius 1 is 1.00 bits per heavy atom. The molecule has 0 bridgehead atoms. The molecule has 0 saturated heterocycles. The van der Waals surface area contributed by atoms with E-state index in [-0.39, 0.29) is 43.2 Å². The number of carbonyl (C=O) groups excluding carboxylic acids is 2. The summed E-state index contributed by atoms with van der Waals surface area (Å²) in [5.41, 5.74) is 4.54. The van der Waals surface area contributed by atoms with Gasteiger partial charge in [-0.15, -0.1) is 0 Å². The zero-order chi connectivity index (χ0) is 24.7. The van der Waals surface area contributed by atoms with Gasteiger partial charge in [0.2, 0.25) is 5.91 Å². The Kier molecular flexibility index (Phi) is 8.68. The van der Waals surface area contributed by atoms with Crippen molar-refractivity contribution in [1.82, 2.24) is 10.6 Å². The summed E-state index contributed by atoms with van der Waals surface area (Å²) < 4.78 is 5.58. The van der Waals surface area contributed by atoms with E-state index in [0.717, 1.165) is 22.3 Å². The Bertz CT molecular complexity index is 974. The van der Waals surface area contributed by atoms with Crippen LogP contribution in [0.1, 0.15) is 57.1 Å². The summed E-state index contributed by atoms with van der Waals surface area (Å²) in [7, 11) is 0. The Labute approximate surface area is 200 Å². The lowest BCUT2D eigenvalue weighted by Gasteiger charge is -2.23. The molecule has 1 aliphatic carbocycles. The molecule has 7 nitrogen and oxygen atoms in total. The number of fused-ring (bicyclic) bond motifs is 3. The highest BCUT2D eigenvalue weighted by atomic mass is 16.5. The Hall–Kier alpha value is -3.35. The van der Waals surface area contributed by atoms with Gasteiger partial charge in [0.15, 0.2) is 0 Å². The Balaban J connectivity index is 1.59. The number of benzene rings is 2. The zero-order valence-electron chi connectivity index (χ0n) is 20.0. The van der Waals surface area contributed by atoms with Gasteiger partial charge in [0.25, 0.3) is 0 Å². The minimum Gasteiger partial charge on any atom is -0.481 e. The first-order valence-corrected chi connectivity index (χ1v) is 11.9. The maximum atomic E-state index is 12.7. The molecule has 2 aromatic rings. The summed E-state index contributed by atoms with van der Waals surface area (Å²) in [6.45, 7) is 6.21. The summed E-state index contributed by atoms with van der Waals surface area (Å²) in [6.07, 6.45) is 0.503. The minimum absolute atomic E-state index is 0.0177. The van der Waals surface area contributed by atoms with Crippen molar-refractivity contribution in [3.63, 3.8) is 0 Å². The van der Waals surface area contributed by atoms with E-state index in [0.29, 0.717) is 12.8 Å². The van der Waals surface area contributed by atoms with Crippen molar-refractivity contribution in [2.45, 2.75) is 52.0 Å². The molecule has 182 valence electrons. The molecule has 0 fully saturated rings. The van der Waals surface area contributed by atoms with Crippen molar-refractivity contribution in [3.8, 4) is 11.1 Å². The molecule has 0 aliphatic heterocycles. The summed E-state index contributed by atoms with van der Waals surface area (Å²) in [4.78, 5) is 36.4. The molecule has 1 aliphatic rings. The minimum atomic E-state index is -0.894. The van der Waals surface area contributed by atoms with E-state index in [9.17, 15) is 14.4 Å². The Morgan fingerprint density at radius 3 is 2.12 bits per heavy atom. The monoisotopic (exact) mass is 466 g/mol. The molecule has 7 heteroatoms. The van der Waals surface area contributed by atoms with Crippen LogP contribution in [0.2, 0.25) is 0 Å². The van der Waals surface area contributed by atoms with Gasteiger partial charge in [0, 0.05) is 12.5 Å². The van der Waals surface area contributed by atoms with E-state index in [1.165, 1.54) is 0 Å². The second-order valence-corrected chi connectivity index (χ2v) is 9.16. The molecule has 0 saturated carbocycles. The number of amides is 2. The normalized spacial score (nSPS) is 14.1. The first-order valence-electron chi connectivity index (χ1n) is 11.9. The van der Waals surface area contributed by atoms with Crippen LogP contribution in [0.25, 0.3) is 11.1 Å². The topological polar surface area (TPSA) is 105 Å². The van der Waals surface area contributed by atoms with Crippen molar-refractivity contribution >= 4 is 18.0 Å². The van der Waals surface area contributed by atoms with Gasteiger partial charge in [0.1, 0.15) is 12.6 Å². The Morgan fingerprint density at radius 2 is 1.59 bits per heavy atom. The van der Waals surface area contributed by atoms with Crippen LogP contribution in [0.3, 0.4) is 0 Å². The number of hydrogen-bond donors (Lipinski definition) is 3. The van der Waals surface area contributed by atoms with Crippen molar-refractivity contribution in [2.24, 2.45) is 11.8 Å². The van der Waals surface area contributed by atoms with E-state index in [1.807, 2.05) is 45.0 Å². The average Bonchev–Trinajstić information content (AvgIpc) is 3.13. The third kappa shape index (κ3) is 6.16. The summed E-state index contributed by atoms with van der Waals surface area (Å²) in [5, 5.41) is 14.6. The fourth-order valence-corrected chi connectivity index (χ4v) is 4.46. The first kappa shape index (κ1) is 25.3. The van der Waals surface area contributed by atoms with E-state index >= 15 is 0 Å². The van der Waals surface area contributed by atoms with E-state index in [4.69, 9.17) is 9.84 Å². The average molecular weight is 467 g/mol. The van der Waals surface area contributed by atoms with E-state index in [1.54, 1.807) is 0 Å². The summed E-state index contributed by atoms with van der Waals surface area (Å²) in [6, 6.07) is 15.5. The van der Waals surface area contributed by atoms with Gasteiger partial charge in [0.05, 0.1) is 6.42 Å². The smallest absolute Gasteiger partial charge is 0.407 e. The fraction of sp³-hybridized carbons (Fsp3) is 0.444. The molecule has 0 spiro atoms. The third-order valence-corrected chi connectivity index (χ3v) is 6.45. The van der Waals surface area contributed by atoms with Crippen molar-refractivity contribution in [1.29, 1.82) is 0 Å². The van der Waals surface area contributed by atoms with E-state index in [2.05, 4.69) is 34.9 Å². The van der Waals surface area contributed by atoms with Gasteiger partial charge in [-0.2, -0.15) is 0 Å². The standard InChI is InChI=1S/C27H34N2O5/c1-4-9-24(26(32)28-15-18(17(2)3)14-25(30)31)29-27(33)34-16-23-21-12-7-5-10-19(21)20-11-6-8-13-22(20)23/h5-8,10-13,17-18,23-24H,4,9,14-16H2,1-3H3,(H,28,32)(H,29,33)(H,30,31)/t18?,24-/m0/s1. The van der Waals surface area contributed by atoms with Crippen LogP contribution < -0.4 is 10.6 Å². The predicted octanol–water partition coefficient (Wildman–Crippen LogP) is 4.56. The van der Waals surface area contributed by atoms with Crippen molar-refractivity contribution in [2.75, 3.05) is 13.2 Å². The second kappa shape index (κ2) is 11.7. The molecule has 3 rings (SSSR count). The van der Waals surface area contributed by atoms with Gasteiger partial charge in [-0.05, 0) is 40.5 Å². The number of carbonyl (C=O) groups is 3.